The third-order valence-corrected chi connectivity index (χ3v) is 2.81. The van der Waals surface area contributed by atoms with Crippen LogP contribution in [0.2, 0.25) is 5.02 Å². The zero-order chi connectivity index (χ0) is 13.1. The van der Waals surface area contributed by atoms with Crippen molar-refractivity contribution in [1.82, 2.24) is 4.98 Å². The molecule has 0 saturated heterocycles. The van der Waals surface area contributed by atoms with Crippen molar-refractivity contribution in [2.24, 2.45) is 0 Å². The molecule has 1 N–H and O–H groups in total. The van der Waals surface area contributed by atoms with E-state index < -0.39 is 6.43 Å². The van der Waals surface area contributed by atoms with Crippen LogP contribution < -0.4 is 5.32 Å². The van der Waals surface area contributed by atoms with Crippen molar-refractivity contribution in [2.45, 2.75) is 19.8 Å². The summed E-state index contributed by atoms with van der Waals surface area (Å²) in [5.41, 5.74) is 0.957. The maximum Gasteiger partial charge on any atom is 0.280 e. The lowest BCUT2D eigenvalue weighted by Gasteiger charge is -2.11. The van der Waals surface area contributed by atoms with Crippen molar-refractivity contribution >= 4 is 28.2 Å². The molecule has 1 aromatic carbocycles. The zero-order valence-corrected chi connectivity index (χ0v) is 10.6. The summed E-state index contributed by atoms with van der Waals surface area (Å²) >= 11 is 5.92. The van der Waals surface area contributed by atoms with E-state index in [9.17, 15) is 8.78 Å². The van der Waals surface area contributed by atoms with Crippen LogP contribution in [0.25, 0.3) is 10.9 Å². The summed E-state index contributed by atoms with van der Waals surface area (Å²) in [5, 5.41) is 4.46. The molecule has 0 saturated carbocycles. The first-order valence-electron chi connectivity index (χ1n) is 5.74. The SMILES string of the molecule is CCCNc1cc(C(F)F)nc2ccc(Cl)cc12. The standard InChI is InChI=1S/C13H13ClF2N2/c1-2-5-17-11-7-12(13(15)16)18-10-4-3-8(14)6-9(10)11/h3-4,6-7,13H,2,5H2,1H3,(H,17,18). The van der Waals surface area contributed by atoms with E-state index in [1.165, 1.54) is 6.07 Å². The molecule has 96 valence electrons. The Hall–Kier alpha value is -1.42. The summed E-state index contributed by atoms with van der Waals surface area (Å²) in [6, 6.07) is 6.42. The second-order valence-corrected chi connectivity index (χ2v) is 4.42. The average Bonchev–Trinajstić information content (AvgIpc) is 2.35. The summed E-state index contributed by atoms with van der Waals surface area (Å²) in [7, 11) is 0. The van der Waals surface area contributed by atoms with Gasteiger partial charge in [-0.15, -0.1) is 0 Å². The first kappa shape index (κ1) is 13.0. The van der Waals surface area contributed by atoms with Gasteiger partial charge in [0.05, 0.1) is 5.52 Å². The van der Waals surface area contributed by atoms with Crippen LogP contribution in [0, 0.1) is 0 Å². The second-order valence-electron chi connectivity index (χ2n) is 3.98. The molecule has 0 radical (unpaired) electrons. The number of alkyl halides is 2. The Kier molecular flexibility index (Phi) is 3.97. The lowest BCUT2D eigenvalue weighted by atomic mass is 10.1. The van der Waals surface area contributed by atoms with E-state index in [4.69, 9.17) is 11.6 Å². The highest BCUT2D eigenvalue weighted by molar-refractivity contribution is 6.31. The number of halogens is 3. The number of fused-ring (bicyclic) bond motifs is 1. The number of benzene rings is 1. The van der Waals surface area contributed by atoms with Gasteiger partial charge >= 0.3 is 0 Å². The van der Waals surface area contributed by atoms with Crippen molar-refractivity contribution in [3.05, 3.63) is 35.0 Å². The van der Waals surface area contributed by atoms with Gasteiger partial charge in [0.25, 0.3) is 6.43 Å². The summed E-state index contributed by atoms with van der Waals surface area (Å²) in [6.07, 6.45) is -1.67. The minimum atomic E-state index is -2.58. The fourth-order valence-corrected chi connectivity index (χ4v) is 1.91. The molecular weight excluding hydrogens is 258 g/mol. The van der Waals surface area contributed by atoms with Crippen LogP contribution in [-0.4, -0.2) is 11.5 Å². The molecule has 0 spiro atoms. The van der Waals surface area contributed by atoms with Gasteiger partial charge < -0.3 is 5.32 Å². The Labute approximate surface area is 109 Å². The molecule has 0 unspecified atom stereocenters. The minimum absolute atomic E-state index is 0.219. The normalized spacial score (nSPS) is 11.2. The Morgan fingerprint density at radius 1 is 1.33 bits per heavy atom. The maximum atomic E-state index is 12.8. The van der Waals surface area contributed by atoms with Crippen LogP contribution in [0.5, 0.6) is 0 Å². The van der Waals surface area contributed by atoms with Crippen molar-refractivity contribution in [2.75, 3.05) is 11.9 Å². The van der Waals surface area contributed by atoms with Crippen LogP contribution in [0.1, 0.15) is 25.5 Å². The van der Waals surface area contributed by atoms with Gasteiger partial charge in [0.1, 0.15) is 5.69 Å². The minimum Gasteiger partial charge on any atom is -0.384 e. The molecule has 1 aromatic heterocycles. The van der Waals surface area contributed by atoms with Crippen LogP contribution in [0.4, 0.5) is 14.5 Å². The number of nitrogens with zero attached hydrogens (tertiary/aromatic N) is 1. The van der Waals surface area contributed by atoms with E-state index >= 15 is 0 Å². The third kappa shape index (κ3) is 2.70. The number of hydrogen-bond donors (Lipinski definition) is 1. The first-order valence-corrected chi connectivity index (χ1v) is 6.12. The van der Waals surface area contributed by atoms with Gasteiger partial charge in [-0.1, -0.05) is 18.5 Å². The number of rotatable bonds is 4. The fraction of sp³-hybridized carbons (Fsp3) is 0.308. The van der Waals surface area contributed by atoms with E-state index in [0.717, 1.165) is 11.8 Å². The lowest BCUT2D eigenvalue weighted by Crippen LogP contribution is -2.03. The van der Waals surface area contributed by atoms with Crippen LogP contribution in [0.3, 0.4) is 0 Å². The van der Waals surface area contributed by atoms with Gasteiger partial charge in [-0.25, -0.2) is 13.8 Å². The Bertz CT molecular complexity index is 558. The molecule has 5 heteroatoms. The number of hydrogen-bond acceptors (Lipinski definition) is 2. The van der Waals surface area contributed by atoms with E-state index in [1.807, 2.05) is 6.92 Å². The number of nitrogens with one attached hydrogen (secondary N) is 1. The predicted molar refractivity (Wildman–Crippen MR) is 70.5 cm³/mol. The first-order chi connectivity index (χ1) is 8.61. The highest BCUT2D eigenvalue weighted by Crippen LogP contribution is 2.29. The second kappa shape index (κ2) is 5.48. The monoisotopic (exact) mass is 270 g/mol. The maximum absolute atomic E-state index is 12.8. The molecule has 2 nitrogen and oxygen atoms in total. The Morgan fingerprint density at radius 3 is 2.78 bits per heavy atom. The van der Waals surface area contributed by atoms with Gasteiger partial charge in [0.15, 0.2) is 0 Å². The van der Waals surface area contributed by atoms with Crippen molar-refractivity contribution in [1.29, 1.82) is 0 Å². The van der Waals surface area contributed by atoms with Crippen LogP contribution >= 0.6 is 11.6 Å². The molecule has 0 aliphatic rings. The molecule has 0 aliphatic heterocycles. The molecule has 0 bridgehead atoms. The van der Waals surface area contributed by atoms with Gasteiger partial charge in [0, 0.05) is 22.6 Å². The quantitative estimate of drug-likeness (QED) is 0.875. The number of pyridine rings is 1. The fourth-order valence-electron chi connectivity index (χ4n) is 1.74. The zero-order valence-electron chi connectivity index (χ0n) is 9.88. The molecule has 0 amide bonds. The lowest BCUT2D eigenvalue weighted by molar-refractivity contribution is 0.146. The van der Waals surface area contributed by atoms with Gasteiger partial charge in [-0.2, -0.15) is 0 Å². The number of aromatic nitrogens is 1. The topological polar surface area (TPSA) is 24.9 Å². The van der Waals surface area contributed by atoms with Gasteiger partial charge in [-0.05, 0) is 30.7 Å². The molecule has 2 aromatic rings. The molecular formula is C13H13ClF2N2. The summed E-state index contributed by atoms with van der Waals surface area (Å²) in [5.74, 6) is 0. The molecule has 0 aliphatic carbocycles. The largest absolute Gasteiger partial charge is 0.384 e. The van der Waals surface area contributed by atoms with E-state index in [1.54, 1.807) is 18.2 Å². The van der Waals surface area contributed by atoms with Gasteiger partial charge in [-0.3, -0.25) is 0 Å². The van der Waals surface area contributed by atoms with Crippen molar-refractivity contribution in [3.63, 3.8) is 0 Å². The van der Waals surface area contributed by atoms with Crippen molar-refractivity contribution < 1.29 is 8.78 Å². The molecule has 0 fully saturated rings. The molecule has 18 heavy (non-hydrogen) atoms. The van der Waals surface area contributed by atoms with E-state index in [-0.39, 0.29) is 5.69 Å². The van der Waals surface area contributed by atoms with Gasteiger partial charge in [0.2, 0.25) is 0 Å². The summed E-state index contributed by atoms with van der Waals surface area (Å²) < 4.78 is 25.5. The highest BCUT2D eigenvalue weighted by atomic mass is 35.5. The molecule has 1 heterocycles. The molecule has 0 atom stereocenters. The Balaban J connectivity index is 2.57. The Morgan fingerprint density at radius 2 is 2.11 bits per heavy atom. The predicted octanol–water partition coefficient (Wildman–Crippen LogP) is 4.65. The molecule has 2 rings (SSSR count). The highest BCUT2D eigenvalue weighted by Gasteiger charge is 2.13. The third-order valence-electron chi connectivity index (χ3n) is 2.58. The van der Waals surface area contributed by atoms with Crippen LogP contribution in [-0.2, 0) is 0 Å². The summed E-state index contributed by atoms with van der Waals surface area (Å²) in [6.45, 7) is 2.73. The van der Waals surface area contributed by atoms with E-state index in [0.29, 0.717) is 22.8 Å². The summed E-state index contributed by atoms with van der Waals surface area (Å²) in [4.78, 5) is 3.94. The van der Waals surface area contributed by atoms with Crippen LogP contribution in [0.15, 0.2) is 24.3 Å². The van der Waals surface area contributed by atoms with Crippen molar-refractivity contribution in [3.8, 4) is 0 Å². The smallest absolute Gasteiger partial charge is 0.280 e. The van der Waals surface area contributed by atoms with E-state index in [2.05, 4.69) is 10.3 Å². The number of anilines is 1. The average molecular weight is 271 g/mol.